The van der Waals surface area contributed by atoms with E-state index in [9.17, 15) is 0 Å². The molecule has 1 saturated carbocycles. The third-order valence-electron chi connectivity index (χ3n) is 5.26. The number of hydrogen-bond acceptors (Lipinski definition) is 6. The van der Waals surface area contributed by atoms with E-state index in [1.165, 1.54) is 48.8 Å². The minimum absolute atomic E-state index is 0.453. The van der Waals surface area contributed by atoms with Gasteiger partial charge in [0.1, 0.15) is 5.82 Å². The molecular weight excluding hydrogens is 368 g/mol. The van der Waals surface area contributed by atoms with E-state index in [2.05, 4.69) is 60.0 Å². The van der Waals surface area contributed by atoms with Crippen molar-refractivity contribution in [1.82, 2.24) is 16.1 Å². The Morgan fingerprint density at radius 3 is 2.79 bits per heavy atom. The molecule has 152 valence electrons. The number of aryl methyl sites for hydroxylation is 1. The molecule has 5 nitrogen and oxygen atoms in total. The van der Waals surface area contributed by atoms with Gasteiger partial charge in [-0.1, -0.05) is 31.4 Å². The van der Waals surface area contributed by atoms with E-state index in [0.29, 0.717) is 12.6 Å². The molecule has 6 heteroatoms. The van der Waals surface area contributed by atoms with Crippen LogP contribution in [0.15, 0.2) is 52.9 Å². The van der Waals surface area contributed by atoms with Crippen LogP contribution < -0.4 is 26.7 Å². The normalized spacial score (nSPS) is 17.8. The summed E-state index contributed by atoms with van der Waals surface area (Å²) >= 11 is 4.65. The van der Waals surface area contributed by atoms with Gasteiger partial charge in [0.2, 0.25) is 0 Å². The Bertz CT molecular complexity index is 751. The Morgan fingerprint density at radius 1 is 1.25 bits per heavy atom. The number of nitrogens with two attached hydrogens (primary N) is 1. The van der Waals surface area contributed by atoms with E-state index >= 15 is 0 Å². The summed E-state index contributed by atoms with van der Waals surface area (Å²) in [6, 6.07) is 4.66. The van der Waals surface area contributed by atoms with Crippen LogP contribution in [0, 0.1) is 6.92 Å². The summed E-state index contributed by atoms with van der Waals surface area (Å²) < 4.78 is 0. The predicted octanol–water partition coefficient (Wildman–Crippen LogP) is 3.48. The maximum atomic E-state index is 5.88. The minimum atomic E-state index is 0.453. The van der Waals surface area contributed by atoms with Crippen molar-refractivity contribution in [2.24, 2.45) is 5.73 Å². The number of hydroxylamine groups is 1. The number of hydrogen-bond donors (Lipinski definition) is 5. The van der Waals surface area contributed by atoms with Gasteiger partial charge in [-0.2, -0.15) is 5.48 Å². The topological polar surface area (TPSA) is 71.3 Å². The molecule has 28 heavy (non-hydrogen) atoms. The zero-order valence-electron chi connectivity index (χ0n) is 16.6. The molecule has 3 rings (SSSR count). The van der Waals surface area contributed by atoms with E-state index < -0.39 is 0 Å². The molecule has 1 aliphatic carbocycles. The molecule has 1 aliphatic heterocycles. The van der Waals surface area contributed by atoms with Gasteiger partial charge in [0, 0.05) is 24.0 Å². The molecule has 1 aromatic carbocycles. The summed E-state index contributed by atoms with van der Waals surface area (Å²) in [4.78, 5) is 6.75. The number of benzene rings is 1. The summed E-state index contributed by atoms with van der Waals surface area (Å²) in [5.74, 6) is 1.79. The Hall–Kier alpha value is -1.89. The van der Waals surface area contributed by atoms with Crippen molar-refractivity contribution in [1.29, 1.82) is 0 Å². The lowest BCUT2D eigenvalue weighted by Gasteiger charge is -2.23. The Labute approximate surface area is 173 Å². The van der Waals surface area contributed by atoms with Gasteiger partial charge in [0.25, 0.3) is 0 Å². The standard InChI is InChI=1S/C22H32N4OS/c1-16-12-20(27-26-19-6-3-2-4-7-19)21(28)14-18(16)13-17-8-9-22(25-15-17)24-11-5-10-23/h5,8-9,11-12,14,19,24-26,28H,2-4,6-7,10,13,15,23H2,1H3/b11-5-. The molecule has 0 aromatic heterocycles. The average molecular weight is 401 g/mol. The number of thiol groups is 1. The molecule has 1 heterocycles. The first-order chi connectivity index (χ1) is 13.7. The van der Waals surface area contributed by atoms with Crippen LogP contribution in [0.25, 0.3) is 0 Å². The molecule has 1 fully saturated rings. The first-order valence-corrected chi connectivity index (χ1v) is 10.6. The summed E-state index contributed by atoms with van der Waals surface area (Å²) in [6.07, 6.45) is 15.1. The average Bonchev–Trinajstić information content (AvgIpc) is 2.72. The molecule has 0 saturated heterocycles. The smallest absolute Gasteiger partial charge is 0.160 e. The van der Waals surface area contributed by atoms with Crippen molar-refractivity contribution in [3.05, 3.63) is 59.1 Å². The first-order valence-electron chi connectivity index (χ1n) is 10.2. The van der Waals surface area contributed by atoms with Gasteiger partial charge in [0.05, 0.1) is 0 Å². The Kier molecular flexibility index (Phi) is 7.89. The van der Waals surface area contributed by atoms with Crippen LogP contribution >= 0.6 is 12.6 Å². The van der Waals surface area contributed by atoms with Crippen LogP contribution in [-0.4, -0.2) is 19.1 Å². The molecule has 5 N–H and O–H groups in total. The van der Waals surface area contributed by atoms with Gasteiger partial charge in [-0.05, 0) is 67.3 Å². The highest BCUT2D eigenvalue weighted by atomic mass is 32.1. The van der Waals surface area contributed by atoms with E-state index in [0.717, 1.165) is 29.4 Å². The zero-order chi connectivity index (χ0) is 19.8. The molecule has 0 amide bonds. The van der Waals surface area contributed by atoms with Gasteiger partial charge in [-0.3, -0.25) is 0 Å². The molecule has 2 aliphatic rings. The van der Waals surface area contributed by atoms with Gasteiger partial charge < -0.3 is 21.2 Å². The van der Waals surface area contributed by atoms with Crippen LogP contribution in [0.4, 0.5) is 0 Å². The van der Waals surface area contributed by atoms with Crippen molar-refractivity contribution in [3.63, 3.8) is 0 Å². The number of rotatable bonds is 8. The largest absolute Gasteiger partial charge is 0.407 e. The molecule has 0 bridgehead atoms. The van der Waals surface area contributed by atoms with Crippen LogP contribution in [0.1, 0.15) is 43.2 Å². The van der Waals surface area contributed by atoms with Crippen molar-refractivity contribution >= 4 is 12.6 Å². The lowest BCUT2D eigenvalue weighted by molar-refractivity contribution is 0.129. The second-order valence-corrected chi connectivity index (χ2v) is 8.00. The van der Waals surface area contributed by atoms with E-state index in [1.807, 2.05) is 12.3 Å². The SMILES string of the molecule is Cc1cc(ONC2CCCCC2)c(S)cc1CC1=CC=C(N/C=C\CN)NC1. The fourth-order valence-corrected chi connectivity index (χ4v) is 3.83. The highest BCUT2D eigenvalue weighted by molar-refractivity contribution is 7.80. The van der Waals surface area contributed by atoms with Crippen molar-refractivity contribution in [3.8, 4) is 5.75 Å². The monoisotopic (exact) mass is 400 g/mol. The molecular formula is C22H32N4OS. The minimum Gasteiger partial charge on any atom is -0.407 e. The third-order valence-corrected chi connectivity index (χ3v) is 5.61. The number of allylic oxidation sites excluding steroid dienone is 2. The second-order valence-electron chi connectivity index (χ2n) is 7.52. The fraction of sp³-hybridized carbons (Fsp3) is 0.455. The van der Waals surface area contributed by atoms with E-state index in [4.69, 9.17) is 10.6 Å². The second kappa shape index (κ2) is 10.6. The van der Waals surface area contributed by atoms with Crippen LogP contribution in [0.2, 0.25) is 0 Å². The first kappa shape index (κ1) is 20.8. The lowest BCUT2D eigenvalue weighted by atomic mass is 9.96. The maximum Gasteiger partial charge on any atom is 0.160 e. The maximum absolute atomic E-state index is 5.88. The summed E-state index contributed by atoms with van der Waals surface area (Å²) in [6.45, 7) is 3.48. The van der Waals surface area contributed by atoms with Crippen LogP contribution in [0.5, 0.6) is 5.75 Å². The molecule has 1 aromatic rings. The molecule has 0 atom stereocenters. The van der Waals surface area contributed by atoms with Crippen LogP contribution in [-0.2, 0) is 6.42 Å². The predicted molar refractivity (Wildman–Crippen MR) is 118 cm³/mol. The molecule has 0 radical (unpaired) electrons. The van der Waals surface area contributed by atoms with E-state index in [1.54, 1.807) is 0 Å². The fourth-order valence-electron chi connectivity index (χ4n) is 3.56. The Morgan fingerprint density at radius 2 is 2.07 bits per heavy atom. The van der Waals surface area contributed by atoms with Gasteiger partial charge >= 0.3 is 0 Å². The van der Waals surface area contributed by atoms with Crippen molar-refractivity contribution in [2.45, 2.75) is 56.4 Å². The quantitative estimate of drug-likeness (QED) is 0.341. The Balaban J connectivity index is 1.59. The highest BCUT2D eigenvalue weighted by Gasteiger charge is 2.15. The van der Waals surface area contributed by atoms with Gasteiger partial charge in [-0.25, -0.2) is 0 Å². The summed E-state index contributed by atoms with van der Waals surface area (Å²) in [5.41, 5.74) is 12.5. The lowest BCUT2D eigenvalue weighted by Crippen LogP contribution is -2.33. The highest BCUT2D eigenvalue weighted by Crippen LogP contribution is 2.28. The number of dihydropyridines is 1. The van der Waals surface area contributed by atoms with Crippen molar-refractivity contribution < 1.29 is 4.84 Å². The molecule has 0 unspecified atom stereocenters. The molecule has 0 spiro atoms. The van der Waals surface area contributed by atoms with Gasteiger partial charge in [-0.15, -0.1) is 12.6 Å². The summed E-state index contributed by atoms with van der Waals surface area (Å²) in [5, 5.41) is 6.57. The third kappa shape index (κ3) is 6.06. The zero-order valence-corrected chi connectivity index (χ0v) is 17.5. The summed E-state index contributed by atoms with van der Waals surface area (Å²) in [7, 11) is 0. The van der Waals surface area contributed by atoms with Gasteiger partial charge in [0.15, 0.2) is 5.75 Å². The number of nitrogens with one attached hydrogen (secondary N) is 3. The van der Waals surface area contributed by atoms with E-state index in [-0.39, 0.29) is 0 Å². The van der Waals surface area contributed by atoms with Crippen molar-refractivity contribution in [2.75, 3.05) is 13.1 Å². The van der Waals surface area contributed by atoms with Crippen LogP contribution in [0.3, 0.4) is 0 Å².